The van der Waals surface area contributed by atoms with Crippen molar-refractivity contribution in [2.24, 2.45) is 5.41 Å². The summed E-state index contributed by atoms with van der Waals surface area (Å²) in [4.78, 5) is 16.4. The summed E-state index contributed by atoms with van der Waals surface area (Å²) in [5, 5.41) is 7.24. The first kappa shape index (κ1) is 14.3. The summed E-state index contributed by atoms with van der Waals surface area (Å²) in [6, 6.07) is 7.22. The number of carbonyl (C=O) groups is 1. The Kier molecular flexibility index (Phi) is 3.44. The molecule has 0 aromatic carbocycles. The molecular weight excluding hydrogens is 280 g/mol. The van der Waals surface area contributed by atoms with Gasteiger partial charge in [0.1, 0.15) is 0 Å². The van der Waals surface area contributed by atoms with Crippen molar-refractivity contribution in [3.05, 3.63) is 36.7 Å². The van der Waals surface area contributed by atoms with Crippen molar-refractivity contribution in [3.63, 3.8) is 0 Å². The Morgan fingerprint density at radius 2 is 2.14 bits per heavy atom. The highest BCUT2D eigenvalue weighted by Crippen LogP contribution is 2.21. The van der Waals surface area contributed by atoms with Crippen molar-refractivity contribution in [3.8, 4) is 11.6 Å². The number of amides is 1. The number of nitrogens with one attached hydrogen (secondary N) is 1. The Hall–Kier alpha value is -2.63. The summed E-state index contributed by atoms with van der Waals surface area (Å²) in [6.45, 7) is 6.09. The van der Waals surface area contributed by atoms with Crippen LogP contribution in [0.15, 0.2) is 41.1 Å². The van der Waals surface area contributed by atoms with Crippen molar-refractivity contribution in [1.29, 1.82) is 0 Å². The van der Waals surface area contributed by atoms with E-state index in [0.29, 0.717) is 29.3 Å². The molecule has 3 aromatic rings. The third-order valence-electron chi connectivity index (χ3n) is 3.05. The van der Waals surface area contributed by atoms with Crippen molar-refractivity contribution in [2.45, 2.75) is 27.2 Å². The molecule has 0 aliphatic carbocycles. The number of carbonyl (C=O) groups excluding carboxylic acids is 1. The second-order valence-corrected chi connectivity index (χ2v) is 6.42. The molecule has 22 heavy (non-hydrogen) atoms. The van der Waals surface area contributed by atoms with E-state index in [1.54, 1.807) is 29.1 Å². The second-order valence-electron chi connectivity index (χ2n) is 6.42. The zero-order valence-electron chi connectivity index (χ0n) is 12.8. The fourth-order valence-corrected chi connectivity index (χ4v) is 2.15. The fraction of sp³-hybridized carbons (Fsp3) is 0.312. The lowest BCUT2D eigenvalue weighted by Gasteiger charge is -2.17. The predicted molar refractivity (Wildman–Crippen MR) is 83.4 cm³/mol. The van der Waals surface area contributed by atoms with Gasteiger partial charge in [0.05, 0.1) is 18.1 Å². The Labute approximate surface area is 128 Å². The minimum absolute atomic E-state index is 0.0155. The third-order valence-corrected chi connectivity index (χ3v) is 3.05. The average molecular weight is 298 g/mol. The highest BCUT2D eigenvalue weighted by Gasteiger charge is 2.16. The molecule has 114 valence electrons. The number of anilines is 1. The zero-order chi connectivity index (χ0) is 15.7. The smallest absolute Gasteiger partial charge is 0.224 e. The number of nitrogens with zero attached hydrogens (tertiary/aromatic N) is 3. The van der Waals surface area contributed by atoms with Gasteiger partial charge in [-0.2, -0.15) is 0 Å². The maximum Gasteiger partial charge on any atom is 0.224 e. The van der Waals surface area contributed by atoms with E-state index in [4.69, 9.17) is 4.42 Å². The molecule has 0 aliphatic rings. The van der Waals surface area contributed by atoms with E-state index in [1.165, 1.54) is 0 Å². The molecule has 1 amide bonds. The topological polar surface area (TPSA) is 72.4 Å². The van der Waals surface area contributed by atoms with Gasteiger partial charge in [-0.1, -0.05) is 20.8 Å². The van der Waals surface area contributed by atoms with Gasteiger partial charge in [0, 0.05) is 6.42 Å². The molecule has 3 aromatic heterocycles. The average Bonchev–Trinajstić information content (AvgIpc) is 3.04. The predicted octanol–water partition coefficient (Wildman–Crippen LogP) is 3.36. The Morgan fingerprint density at radius 1 is 1.32 bits per heavy atom. The first-order valence-electron chi connectivity index (χ1n) is 7.11. The van der Waals surface area contributed by atoms with Crippen molar-refractivity contribution in [1.82, 2.24) is 14.6 Å². The van der Waals surface area contributed by atoms with E-state index in [-0.39, 0.29) is 11.3 Å². The summed E-state index contributed by atoms with van der Waals surface area (Å²) in [7, 11) is 0. The van der Waals surface area contributed by atoms with Crippen LogP contribution < -0.4 is 5.32 Å². The Bertz CT molecular complexity index is 797. The van der Waals surface area contributed by atoms with Crippen molar-refractivity contribution in [2.75, 3.05) is 5.32 Å². The molecular formula is C16H18N4O2. The summed E-state index contributed by atoms with van der Waals surface area (Å²) in [5.74, 6) is 1.11. The molecule has 6 nitrogen and oxygen atoms in total. The molecule has 1 N–H and O–H groups in total. The number of hydrogen-bond donors (Lipinski definition) is 1. The van der Waals surface area contributed by atoms with Crippen LogP contribution >= 0.6 is 0 Å². The zero-order valence-corrected chi connectivity index (χ0v) is 12.8. The van der Waals surface area contributed by atoms with Crippen LogP contribution in [0.4, 0.5) is 5.69 Å². The first-order chi connectivity index (χ1) is 10.4. The molecule has 0 atom stereocenters. The van der Waals surface area contributed by atoms with Gasteiger partial charge in [-0.05, 0) is 29.7 Å². The molecule has 0 bridgehead atoms. The maximum atomic E-state index is 12.0. The lowest BCUT2D eigenvalue weighted by Crippen LogP contribution is -2.19. The molecule has 0 aliphatic heterocycles. The molecule has 3 heterocycles. The van der Waals surface area contributed by atoms with E-state index in [9.17, 15) is 4.79 Å². The molecule has 3 rings (SSSR count). The number of fused-ring (bicyclic) bond motifs is 1. The lowest BCUT2D eigenvalue weighted by molar-refractivity contribution is -0.117. The number of furan rings is 1. The summed E-state index contributed by atoms with van der Waals surface area (Å²) < 4.78 is 6.92. The van der Waals surface area contributed by atoms with Gasteiger partial charge in [0.15, 0.2) is 11.4 Å². The number of aromatic nitrogens is 3. The summed E-state index contributed by atoms with van der Waals surface area (Å²) in [6.07, 6.45) is 3.79. The van der Waals surface area contributed by atoms with Crippen LogP contribution in [0, 0.1) is 5.41 Å². The van der Waals surface area contributed by atoms with Crippen molar-refractivity contribution < 1.29 is 9.21 Å². The summed E-state index contributed by atoms with van der Waals surface area (Å²) >= 11 is 0. The van der Waals surface area contributed by atoms with Gasteiger partial charge >= 0.3 is 0 Å². The standard InChI is InChI=1S/C16H18N4O2/c1-16(2,3)9-14(21)17-11-6-7-13-18-15(19-20(13)10-11)12-5-4-8-22-12/h4-8,10H,9H2,1-3H3,(H,17,21). The molecule has 0 radical (unpaired) electrons. The number of hydrogen-bond acceptors (Lipinski definition) is 4. The van der Waals surface area contributed by atoms with Crippen LogP contribution in [-0.4, -0.2) is 20.5 Å². The van der Waals surface area contributed by atoms with E-state index < -0.39 is 0 Å². The van der Waals surface area contributed by atoms with Crippen LogP contribution in [0.5, 0.6) is 0 Å². The molecule has 0 spiro atoms. The first-order valence-corrected chi connectivity index (χ1v) is 7.11. The monoisotopic (exact) mass is 298 g/mol. The molecule has 0 saturated heterocycles. The van der Waals surface area contributed by atoms with Crippen LogP contribution in [0.2, 0.25) is 0 Å². The lowest BCUT2D eigenvalue weighted by atomic mass is 9.92. The van der Waals surface area contributed by atoms with Crippen LogP contribution in [0.1, 0.15) is 27.2 Å². The number of rotatable bonds is 3. The normalized spacial score (nSPS) is 11.8. The molecule has 6 heteroatoms. The molecule has 0 unspecified atom stereocenters. The van der Waals surface area contributed by atoms with E-state index in [1.807, 2.05) is 32.9 Å². The number of pyridine rings is 1. The Balaban J connectivity index is 1.82. The highest BCUT2D eigenvalue weighted by molar-refractivity contribution is 5.91. The van der Waals surface area contributed by atoms with E-state index in [2.05, 4.69) is 15.4 Å². The molecule has 0 saturated carbocycles. The highest BCUT2D eigenvalue weighted by atomic mass is 16.3. The van der Waals surface area contributed by atoms with Gasteiger partial charge in [-0.15, -0.1) is 5.10 Å². The van der Waals surface area contributed by atoms with Crippen LogP contribution in [-0.2, 0) is 4.79 Å². The van der Waals surface area contributed by atoms with Gasteiger partial charge < -0.3 is 9.73 Å². The maximum absolute atomic E-state index is 12.0. The summed E-state index contributed by atoms with van der Waals surface area (Å²) in [5.41, 5.74) is 1.34. The van der Waals surface area contributed by atoms with Gasteiger partial charge in [0.25, 0.3) is 0 Å². The van der Waals surface area contributed by atoms with Gasteiger partial charge in [0.2, 0.25) is 11.7 Å². The van der Waals surface area contributed by atoms with E-state index in [0.717, 1.165) is 0 Å². The van der Waals surface area contributed by atoms with Crippen molar-refractivity contribution >= 4 is 17.2 Å². The minimum Gasteiger partial charge on any atom is -0.461 e. The fourth-order valence-electron chi connectivity index (χ4n) is 2.15. The van der Waals surface area contributed by atoms with E-state index >= 15 is 0 Å². The SMILES string of the molecule is CC(C)(C)CC(=O)Nc1ccc2nc(-c3ccco3)nn2c1. The quantitative estimate of drug-likeness (QED) is 0.804. The van der Waals surface area contributed by atoms with Gasteiger partial charge in [-0.3, -0.25) is 4.79 Å². The van der Waals surface area contributed by atoms with Crippen LogP contribution in [0.25, 0.3) is 17.2 Å². The second kappa shape index (κ2) is 5.29. The minimum atomic E-state index is -0.0477. The van der Waals surface area contributed by atoms with Gasteiger partial charge in [-0.25, -0.2) is 9.50 Å². The third kappa shape index (κ3) is 3.16. The molecule has 0 fully saturated rings. The Morgan fingerprint density at radius 3 is 2.82 bits per heavy atom. The largest absolute Gasteiger partial charge is 0.461 e. The van der Waals surface area contributed by atoms with Crippen LogP contribution in [0.3, 0.4) is 0 Å².